The van der Waals surface area contributed by atoms with Crippen LogP contribution < -0.4 is 5.32 Å². The molecule has 0 fully saturated rings. The van der Waals surface area contributed by atoms with Crippen LogP contribution in [0.1, 0.15) is 6.92 Å². The highest BCUT2D eigenvalue weighted by Crippen LogP contribution is 2.64. The first-order valence-corrected chi connectivity index (χ1v) is 9.77. The molecule has 0 saturated carbocycles. The van der Waals surface area contributed by atoms with Gasteiger partial charge in [-0.05, 0) is 0 Å². The maximum Gasteiger partial charge on any atom is 0.438 e. The highest BCUT2D eigenvalue weighted by molar-refractivity contribution is 7.87. The number of nitrogens with one attached hydrogen (secondary N) is 1. The molecule has 0 radical (unpaired) electrons. The van der Waals surface area contributed by atoms with Crippen molar-refractivity contribution < 1.29 is 83.2 Å². The standard InChI is InChI=1S/C9H4F16O3S.C6H11N/c1-2(10,11)3(12,13)4(14,15)5(16,17)6(18,19)7(20,21)8(22,23)9(24,25)29(26,27)28;1-3-5-7-6-4-2/h1H3,(H,26,27,28);3-4,7H,1-2,5-6H2. The summed E-state index contributed by atoms with van der Waals surface area (Å²) in [6, 6.07) is 0. The first-order valence-electron chi connectivity index (χ1n) is 8.33. The summed E-state index contributed by atoms with van der Waals surface area (Å²) in [6.07, 6.45) is 3.65. The Hall–Kier alpha value is -1.77. The first-order chi connectivity index (χ1) is 15.4. The third-order valence-corrected chi connectivity index (χ3v) is 4.69. The molecule has 0 amide bonds. The highest BCUT2D eigenvalue weighted by Gasteiger charge is 2.95. The van der Waals surface area contributed by atoms with Crippen LogP contribution in [0.4, 0.5) is 70.2 Å². The molecule has 0 bridgehead atoms. The molecular weight excluding hydrogens is 578 g/mol. The van der Waals surface area contributed by atoms with E-state index in [4.69, 9.17) is 4.55 Å². The van der Waals surface area contributed by atoms with Gasteiger partial charge in [-0.2, -0.15) is 78.7 Å². The quantitative estimate of drug-likeness (QED) is 0.128. The van der Waals surface area contributed by atoms with E-state index >= 15 is 0 Å². The van der Waals surface area contributed by atoms with Crippen LogP contribution in [0.2, 0.25) is 0 Å². The van der Waals surface area contributed by atoms with Gasteiger partial charge in [0.05, 0.1) is 0 Å². The SMILES string of the molecule is C=CCNCC=C.CC(F)(F)C(F)(F)C(F)(F)C(F)(F)C(F)(F)C(F)(F)C(F)(F)C(F)(F)S(=O)(=O)O. The smallest absolute Gasteiger partial charge is 0.310 e. The lowest BCUT2D eigenvalue weighted by molar-refractivity contribution is -0.448. The van der Waals surface area contributed by atoms with Crippen LogP contribution in [0, 0.1) is 0 Å². The van der Waals surface area contributed by atoms with Crippen molar-refractivity contribution >= 4 is 10.1 Å². The lowest BCUT2D eigenvalue weighted by atomic mass is 9.89. The molecule has 0 spiro atoms. The van der Waals surface area contributed by atoms with Crippen molar-refractivity contribution in [2.45, 2.75) is 53.6 Å². The molecule has 0 heterocycles. The van der Waals surface area contributed by atoms with Crippen molar-refractivity contribution in [2.24, 2.45) is 0 Å². The Morgan fingerprint density at radius 2 is 0.861 bits per heavy atom. The summed E-state index contributed by atoms with van der Waals surface area (Å²) >= 11 is 0. The number of halogens is 16. The lowest BCUT2D eigenvalue weighted by Gasteiger charge is -2.42. The molecule has 0 aromatic rings. The first kappa shape index (κ1) is 36.4. The van der Waals surface area contributed by atoms with Gasteiger partial charge < -0.3 is 5.32 Å². The molecule has 4 nitrogen and oxygen atoms in total. The van der Waals surface area contributed by atoms with Gasteiger partial charge in [-0.15, -0.1) is 13.2 Å². The van der Waals surface area contributed by atoms with Crippen molar-refractivity contribution in [1.29, 1.82) is 0 Å². The van der Waals surface area contributed by atoms with Gasteiger partial charge in [0, 0.05) is 20.0 Å². The summed E-state index contributed by atoms with van der Waals surface area (Å²) in [7, 11) is -7.83. The van der Waals surface area contributed by atoms with Crippen molar-refractivity contribution in [1.82, 2.24) is 5.32 Å². The van der Waals surface area contributed by atoms with Crippen LogP contribution in [-0.2, 0) is 10.1 Å². The minimum absolute atomic E-state index is 0.867. The lowest BCUT2D eigenvalue weighted by Crippen LogP contribution is -2.75. The summed E-state index contributed by atoms with van der Waals surface area (Å²) in [5, 5.41) is -4.72. The molecule has 216 valence electrons. The Morgan fingerprint density at radius 1 is 0.611 bits per heavy atom. The number of hydrogen-bond acceptors (Lipinski definition) is 3. The maximum atomic E-state index is 13.2. The van der Waals surface area contributed by atoms with E-state index in [9.17, 15) is 78.7 Å². The molecule has 2 N–H and O–H groups in total. The van der Waals surface area contributed by atoms with Crippen molar-refractivity contribution in [3.8, 4) is 0 Å². The largest absolute Gasteiger partial charge is 0.438 e. The average molecular weight is 593 g/mol. The number of alkyl halides is 16. The van der Waals surface area contributed by atoms with Crippen LogP contribution >= 0.6 is 0 Å². The molecule has 0 unspecified atom stereocenters. The van der Waals surface area contributed by atoms with Gasteiger partial charge in [-0.25, -0.2) is 0 Å². The molecule has 21 heteroatoms. The number of rotatable bonds is 12. The van der Waals surface area contributed by atoms with Gasteiger partial charge in [0.25, 0.3) is 0 Å². The van der Waals surface area contributed by atoms with Gasteiger partial charge >= 0.3 is 56.8 Å². The van der Waals surface area contributed by atoms with Gasteiger partial charge in [-0.1, -0.05) is 12.2 Å². The summed E-state index contributed by atoms with van der Waals surface area (Å²) in [5.41, 5.74) is 0. The normalized spacial score (nSPS) is 15.2. The zero-order valence-corrected chi connectivity index (χ0v) is 18.0. The molecular formula is C15H15F16NO3S. The topological polar surface area (TPSA) is 66.4 Å². The summed E-state index contributed by atoms with van der Waals surface area (Å²) in [5.74, 6) is -56.7. The van der Waals surface area contributed by atoms with Crippen LogP contribution in [0.5, 0.6) is 0 Å². The molecule has 0 rings (SSSR count). The second-order valence-electron chi connectivity index (χ2n) is 6.56. The fourth-order valence-electron chi connectivity index (χ4n) is 1.70. The fourth-order valence-corrected chi connectivity index (χ4v) is 2.15. The van der Waals surface area contributed by atoms with E-state index in [1.807, 2.05) is 12.2 Å². The second kappa shape index (κ2) is 10.5. The summed E-state index contributed by atoms with van der Waals surface area (Å²) in [6.45, 7) is 7.51. The van der Waals surface area contributed by atoms with Crippen LogP contribution in [-0.4, -0.2) is 72.8 Å². The summed E-state index contributed by atoms with van der Waals surface area (Å²) in [4.78, 5) is 0. The van der Waals surface area contributed by atoms with Crippen LogP contribution in [0.25, 0.3) is 0 Å². The van der Waals surface area contributed by atoms with E-state index in [0.717, 1.165) is 13.1 Å². The van der Waals surface area contributed by atoms with Gasteiger partial charge in [-0.3, -0.25) is 4.55 Å². The second-order valence-corrected chi connectivity index (χ2v) is 8.03. The zero-order valence-electron chi connectivity index (χ0n) is 17.2. The van der Waals surface area contributed by atoms with Gasteiger partial charge in [0.1, 0.15) is 0 Å². The molecule has 0 atom stereocenters. The third-order valence-electron chi connectivity index (χ3n) is 3.79. The summed E-state index contributed by atoms with van der Waals surface area (Å²) < 4.78 is 234. The molecule has 0 saturated heterocycles. The predicted octanol–water partition coefficient (Wildman–Crippen LogP) is 5.88. The third kappa shape index (κ3) is 5.70. The Labute approximate surface area is 191 Å². The van der Waals surface area contributed by atoms with E-state index in [-0.39, 0.29) is 0 Å². The average Bonchev–Trinajstić information content (AvgIpc) is 2.66. The minimum atomic E-state index is -8.73. The molecule has 0 aliphatic heterocycles. The van der Waals surface area contributed by atoms with Crippen molar-refractivity contribution in [2.75, 3.05) is 13.1 Å². The van der Waals surface area contributed by atoms with Crippen molar-refractivity contribution in [3.05, 3.63) is 25.3 Å². The van der Waals surface area contributed by atoms with Gasteiger partial charge in [0.2, 0.25) is 0 Å². The Morgan fingerprint density at radius 3 is 1.08 bits per heavy atom. The van der Waals surface area contributed by atoms with Gasteiger partial charge in [0.15, 0.2) is 0 Å². The fraction of sp³-hybridized carbons (Fsp3) is 0.733. The Kier molecular flexibility index (Phi) is 10.7. The van der Waals surface area contributed by atoms with E-state index < -0.39 is 63.8 Å². The van der Waals surface area contributed by atoms with E-state index in [2.05, 4.69) is 18.5 Å². The molecule has 0 aromatic carbocycles. The Bertz CT molecular complexity index is 872. The predicted molar refractivity (Wildman–Crippen MR) is 90.1 cm³/mol. The van der Waals surface area contributed by atoms with Crippen LogP contribution in [0.15, 0.2) is 25.3 Å². The molecule has 0 aromatic heterocycles. The van der Waals surface area contributed by atoms with Crippen LogP contribution in [0.3, 0.4) is 0 Å². The highest BCUT2D eigenvalue weighted by atomic mass is 32.2. The molecule has 0 aliphatic rings. The van der Waals surface area contributed by atoms with Crippen molar-refractivity contribution in [3.63, 3.8) is 0 Å². The monoisotopic (exact) mass is 593 g/mol. The molecule has 36 heavy (non-hydrogen) atoms. The minimum Gasteiger partial charge on any atom is -0.310 e. The number of hydrogen-bond donors (Lipinski definition) is 2. The zero-order chi connectivity index (χ0) is 30.0. The Balaban J connectivity index is 0. The molecule has 0 aliphatic carbocycles. The van der Waals surface area contributed by atoms with E-state index in [1.54, 1.807) is 0 Å². The van der Waals surface area contributed by atoms with E-state index in [1.165, 1.54) is 0 Å². The maximum absolute atomic E-state index is 13.2. The van der Waals surface area contributed by atoms with E-state index in [0.29, 0.717) is 0 Å².